The first-order valence-corrected chi connectivity index (χ1v) is 6.73. The van der Waals surface area contributed by atoms with Gasteiger partial charge in [0.05, 0.1) is 6.61 Å². The van der Waals surface area contributed by atoms with Crippen molar-refractivity contribution >= 4 is 11.9 Å². The smallest absolute Gasteiger partial charge is 0.350 e. The summed E-state index contributed by atoms with van der Waals surface area (Å²) in [4.78, 5) is 23.1. The lowest BCUT2D eigenvalue weighted by molar-refractivity contribution is -0.138. The minimum absolute atomic E-state index is 0.132. The number of rotatable bonds is 7. The topological polar surface area (TPSA) is 100 Å². The zero-order chi connectivity index (χ0) is 17.2. The highest BCUT2D eigenvalue weighted by molar-refractivity contribution is 5.92. The van der Waals surface area contributed by atoms with Crippen LogP contribution in [0.3, 0.4) is 0 Å². The van der Waals surface area contributed by atoms with Crippen molar-refractivity contribution in [1.82, 2.24) is 10.9 Å². The first-order chi connectivity index (χ1) is 11.0. The molecule has 0 bridgehead atoms. The Labute approximate surface area is 132 Å². The minimum atomic E-state index is -0.880. The van der Waals surface area contributed by atoms with Crippen molar-refractivity contribution in [3.8, 4) is 11.8 Å². The quantitative estimate of drug-likeness (QED) is 0.338. The predicted molar refractivity (Wildman–Crippen MR) is 78.1 cm³/mol. The summed E-state index contributed by atoms with van der Waals surface area (Å²) >= 11 is 0. The van der Waals surface area contributed by atoms with Gasteiger partial charge in [0, 0.05) is 6.20 Å². The lowest BCUT2D eigenvalue weighted by Crippen LogP contribution is -2.42. The standard InChI is InChI=1S/C15H16FN3O4/c1-3-22-15(21)11(8-17)9-18-19-14(20)10(2)23-13-6-4-12(16)5-7-13/h4-7,9-10,18H,3H2,1-2H3,(H,19,20)/b11-9+/t10-/m1/s1. The fraction of sp³-hybridized carbons (Fsp3) is 0.267. The van der Waals surface area contributed by atoms with Crippen LogP contribution in [0.5, 0.6) is 5.75 Å². The summed E-state index contributed by atoms with van der Waals surface area (Å²) in [5, 5.41) is 8.79. The van der Waals surface area contributed by atoms with Crippen molar-refractivity contribution < 1.29 is 23.5 Å². The fourth-order valence-electron chi connectivity index (χ4n) is 1.40. The molecule has 1 amide bonds. The Morgan fingerprint density at radius 2 is 2.04 bits per heavy atom. The molecule has 0 aliphatic heterocycles. The number of halogens is 1. The average molecular weight is 321 g/mol. The number of nitrogens with one attached hydrogen (secondary N) is 2. The lowest BCUT2D eigenvalue weighted by Gasteiger charge is -2.14. The first kappa shape index (κ1) is 18.0. The number of nitriles is 1. The Morgan fingerprint density at radius 3 is 2.61 bits per heavy atom. The molecule has 0 saturated carbocycles. The first-order valence-electron chi connectivity index (χ1n) is 6.73. The molecule has 8 heteroatoms. The largest absolute Gasteiger partial charge is 0.481 e. The second kappa shape index (κ2) is 9.04. The van der Waals surface area contributed by atoms with Gasteiger partial charge in [0.15, 0.2) is 11.7 Å². The van der Waals surface area contributed by atoms with Crippen LogP contribution in [0.4, 0.5) is 4.39 Å². The van der Waals surface area contributed by atoms with E-state index in [9.17, 15) is 14.0 Å². The number of esters is 1. The number of carbonyl (C=O) groups excluding carboxylic acids is 2. The number of benzene rings is 1. The Morgan fingerprint density at radius 1 is 1.39 bits per heavy atom. The van der Waals surface area contributed by atoms with Crippen LogP contribution in [-0.2, 0) is 14.3 Å². The molecule has 7 nitrogen and oxygen atoms in total. The van der Waals surface area contributed by atoms with Gasteiger partial charge >= 0.3 is 5.97 Å². The molecule has 1 atom stereocenters. The van der Waals surface area contributed by atoms with Crippen LogP contribution < -0.4 is 15.6 Å². The van der Waals surface area contributed by atoms with E-state index >= 15 is 0 Å². The zero-order valence-corrected chi connectivity index (χ0v) is 12.6. The van der Waals surface area contributed by atoms with Crippen LogP contribution in [0.1, 0.15) is 13.8 Å². The van der Waals surface area contributed by atoms with E-state index in [-0.39, 0.29) is 12.2 Å². The van der Waals surface area contributed by atoms with Crippen LogP contribution in [0.25, 0.3) is 0 Å². The molecule has 0 heterocycles. The Bertz CT molecular complexity index is 623. The highest BCUT2D eigenvalue weighted by Gasteiger charge is 2.14. The lowest BCUT2D eigenvalue weighted by atomic mass is 10.3. The molecule has 0 fully saturated rings. The Hall–Kier alpha value is -3.08. The molecule has 2 N–H and O–H groups in total. The SMILES string of the molecule is CCOC(=O)/C(C#N)=C/NNC(=O)[C@@H](C)Oc1ccc(F)cc1. The van der Waals surface area contributed by atoms with E-state index in [4.69, 9.17) is 10.00 Å². The number of amides is 1. The third-order valence-electron chi connectivity index (χ3n) is 2.52. The second-order valence-electron chi connectivity index (χ2n) is 4.24. The van der Waals surface area contributed by atoms with Crippen molar-refractivity contribution in [2.24, 2.45) is 0 Å². The summed E-state index contributed by atoms with van der Waals surface area (Å²) in [5.41, 5.74) is 4.29. The van der Waals surface area contributed by atoms with Crippen molar-refractivity contribution in [2.75, 3.05) is 6.61 Å². The summed E-state index contributed by atoms with van der Waals surface area (Å²) < 4.78 is 22.7. The number of nitrogens with zero attached hydrogens (tertiary/aromatic N) is 1. The molecule has 1 rings (SSSR count). The van der Waals surface area contributed by atoms with Gasteiger partial charge in [0.2, 0.25) is 0 Å². The van der Waals surface area contributed by atoms with Crippen molar-refractivity contribution in [3.63, 3.8) is 0 Å². The Balaban J connectivity index is 2.50. The highest BCUT2D eigenvalue weighted by Crippen LogP contribution is 2.12. The van der Waals surface area contributed by atoms with Gasteiger partial charge in [-0.15, -0.1) is 0 Å². The van der Waals surface area contributed by atoms with Crippen LogP contribution in [0.15, 0.2) is 36.0 Å². The van der Waals surface area contributed by atoms with E-state index in [2.05, 4.69) is 15.6 Å². The normalized spacial score (nSPS) is 11.8. The van der Waals surface area contributed by atoms with Crippen molar-refractivity contribution in [3.05, 3.63) is 41.9 Å². The summed E-state index contributed by atoms with van der Waals surface area (Å²) in [6, 6.07) is 6.84. The third-order valence-corrected chi connectivity index (χ3v) is 2.52. The molecule has 0 spiro atoms. The Kier molecular flexibility index (Phi) is 7.07. The molecule has 122 valence electrons. The molecule has 0 aliphatic rings. The number of hydrogen-bond acceptors (Lipinski definition) is 6. The van der Waals surface area contributed by atoms with Gasteiger partial charge in [-0.25, -0.2) is 9.18 Å². The molecular formula is C15H16FN3O4. The third kappa shape index (κ3) is 6.05. The van der Waals surface area contributed by atoms with Gasteiger partial charge in [0.1, 0.15) is 17.6 Å². The van der Waals surface area contributed by atoms with E-state index in [1.165, 1.54) is 31.2 Å². The summed E-state index contributed by atoms with van der Waals surface area (Å²) in [5.74, 6) is -1.43. The van der Waals surface area contributed by atoms with Crippen LogP contribution >= 0.6 is 0 Å². The maximum atomic E-state index is 12.8. The van der Waals surface area contributed by atoms with E-state index in [1.54, 1.807) is 13.0 Å². The van der Waals surface area contributed by atoms with Crippen LogP contribution in [-0.4, -0.2) is 24.6 Å². The van der Waals surface area contributed by atoms with Gasteiger partial charge in [0.25, 0.3) is 5.91 Å². The van der Waals surface area contributed by atoms with E-state index in [0.29, 0.717) is 5.75 Å². The van der Waals surface area contributed by atoms with Gasteiger partial charge in [-0.2, -0.15) is 5.26 Å². The summed E-state index contributed by atoms with van der Waals surface area (Å²) in [6.45, 7) is 3.23. The number of ether oxygens (including phenoxy) is 2. The van der Waals surface area contributed by atoms with E-state index in [1.807, 2.05) is 0 Å². The number of hydrogen-bond donors (Lipinski definition) is 2. The van der Waals surface area contributed by atoms with Gasteiger partial charge in [-0.3, -0.25) is 10.2 Å². The second-order valence-corrected chi connectivity index (χ2v) is 4.24. The van der Waals surface area contributed by atoms with Crippen molar-refractivity contribution in [1.29, 1.82) is 5.26 Å². The number of hydrazine groups is 1. The molecule has 1 aromatic carbocycles. The van der Waals surface area contributed by atoms with Gasteiger partial charge < -0.3 is 14.9 Å². The molecule has 0 radical (unpaired) electrons. The van der Waals surface area contributed by atoms with Gasteiger partial charge in [-0.1, -0.05) is 0 Å². The van der Waals surface area contributed by atoms with Crippen LogP contribution in [0, 0.1) is 17.1 Å². The monoisotopic (exact) mass is 321 g/mol. The molecule has 0 aromatic heterocycles. The average Bonchev–Trinajstić information content (AvgIpc) is 2.53. The maximum Gasteiger partial charge on any atom is 0.350 e. The molecule has 23 heavy (non-hydrogen) atoms. The summed E-state index contributed by atoms with van der Waals surface area (Å²) in [7, 11) is 0. The zero-order valence-electron chi connectivity index (χ0n) is 12.6. The molecule has 1 aromatic rings. The predicted octanol–water partition coefficient (Wildman–Crippen LogP) is 1.18. The van der Waals surface area contributed by atoms with Crippen molar-refractivity contribution in [2.45, 2.75) is 20.0 Å². The van der Waals surface area contributed by atoms with E-state index < -0.39 is 23.8 Å². The van der Waals surface area contributed by atoms with Gasteiger partial charge in [-0.05, 0) is 38.1 Å². The number of carbonyl (C=O) groups is 2. The molecule has 0 saturated heterocycles. The summed E-state index contributed by atoms with van der Waals surface area (Å²) in [6.07, 6.45) is 0.134. The minimum Gasteiger partial charge on any atom is -0.481 e. The van der Waals surface area contributed by atoms with Crippen LogP contribution in [0.2, 0.25) is 0 Å². The molecular weight excluding hydrogens is 305 g/mol. The maximum absolute atomic E-state index is 12.8. The van der Waals surface area contributed by atoms with E-state index in [0.717, 1.165) is 6.20 Å². The molecule has 0 aliphatic carbocycles. The fourth-order valence-corrected chi connectivity index (χ4v) is 1.40. The highest BCUT2D eigenvalue weighted by atomic mass is 19.1. The molecule has 0 unspecified atom stereocenters.